The summed E-state index contributed by atoms with van der Waals surface area (Å²) >= 11 is 1.94. The molecule has 0 radical (unpaired) electrons. The van der Waals surface area contributed by atoms with Gasteiger partial charge in [0.15, 0.2) is 6.61 Å². The van der Waals surface area contributed by atoms with Crippen molar-refractivity contribution in [2.45, 2.75) is 22.4 Å². The van der Waals surface area contributed by atoms with Crippen molar-refractivity contribution in [1.29, 1.82) is 0 Å². The molecule has 0 spiro atoms. The zero-order valence-electron chi connectivity index (χ0n) is 21.7. The third-order valence-electron chi connectivity index (χ3n) is 7.03. The van der Waals surface area contributed by atoms with E-state index in [1.165, 1.54) is 30.3 Å². The van der Waals surface area contributed by atoms with Crippen LogP contribution in [0.25, 0.3) is 0 Å². The van der Waals surface area contributed by atoms with Crippen LogP contribution in [-0.2, 0) is 20.6 Å². The summed E-state index contributed by atoms with van der Waals surface area (Å²) in [5.41, 5.74) is -0.844. The van der Waals surface area contributed by atoms with Crippen LogP contribution in [0.2, 0.25) is 0 Å². The fourth-order valence-electron chi connectivity index (χ4n) is 5.23. The fraction of sp³-hybridized carbons (Fsp3) is 0.172. The number of thiazole rings is 1. The minimum Gasteiger partial charge on any atom is -0.483 e. The molecule has 220 valence electrons. The highest BCUT2D eigenvalue weighted by molar-refractivity contribution is 8.00. The van der Waals surface area contributed by atoms with Gasteiger partial charge in [-0.15, -0.1) is 0 Å². The van der Waals surface area contributed by atoms with Crippen LogP contribution in [0.3, 0.4) is 0 Å². The summed E-state index contributed by atoms with van der Waals surface area (Å²) in [5, 5.41) is 1.71. The number of carbonyl (C=O) groups is 3. The molecule has 1 saturated heterocycles. The first kappa shape index (κ1) is 28.7. The number of imide groups is 1. The Morgan fingerprint density at radius 3 is 2.40 bits per heavy atom. The highest BCUT2D eigenvalue weighted by Gasteiger charge is 2.56. The number of halogens is 4. The topological polar surface area (TPSA) is 109 Å². The SMILES string of the molecule is O=C(COc1ccccc1[C@H]1c2sc(=O)[nH]c2SC2C(=O)N(c3ccc(F)cc3)C(=O)C21)Nc1ccccc1C(F)(F)F. The molecule has 3 heterocycles. The number of carbonyl (C=O) groups excluding carboxylic acids is 3. The number of para-hydroxylation sites is 2. The number of aromatic nitrogens is 1. The lowest BCUT2D eigenvalue weighted by molar-refractivity contribution is -0.137. The highest BCUT2D eigenvalue weighted by Crippen LogP contribution is 2.54. The molecule has 43 heavy (non-hydrogen) atoms. The second-order valence-corrected chi connectivity index (χ2v) is 11.8. The molecule has 2 aliphatic heterocycles. The molecule has 0 bridgehead atoms. The molecule has 1 aromatic heterocycles. The van der Waals surface area contributed by atoms with Gasteiger partial charge in [0.25, 0.3) is 5.91 Å². The summed E-state index contributed by atoms with van der Waals surface area (Å²) in [4.78, 5) is 56.3. The second-order valence-electron chi connectivity index (χ2n) is 9.66. The number of aromatic amines is 1. The minimum absolute atomic E-state index is 0.143. The molecule has 14 heteroatoms. The molecular formula is C29H19F4N3O5S2. The molecule has 1 fully saturated rings. The Labute approximate surface area is 248 Å². The molecule has 6 rings (SSSR count). The first-order valence-corrected chi connectivity index (χ1v) is 14.4. The zero-order chi connectivity index (χ0) is 30.5. The van der Waals surface area contributed by atoms with E-state index >= 15 is 0 Å². The number of rotatable bonds is 6. The van der Waals surface area contributed by atoms with E-state index in [1.54, 1.807) is 18.2 Å². The number of amides is 3. The lowest BCUT2D eigenvalue weighted by atomic mass is 9.82. The van der Waals surface area contributed by atoms with E-state index in [1.807, 2.05) is 0 Å². The minimum atomic E-state index is -4.68. The monoisotopic (exact) mass is 629 g/mol. The first-order valence-electron chi connectivity index (χ1n) is 12.7. The lowest BCUT2D eigenvalue weighted by Gasteiger charge is -2.30. The van der Waals surface area contributed by atoms with Crippen LogP contribution in [0.1, 0.15) is 21.9 Å². The lowest BCUT2D eigenvalue weighted by Crippen LogP contribution is -2.32. The molecule has 3 amide bonds. The van der Waals surface area contributed by atoms with Crippen LogP contribution < -0.4 is 19.8 Å². The molecule has 0 saturated carbocycles. The number of fused-ring (bicyclic) bond motifs is 2. The number of hydrogen-bond acceptors (Lipinski definition) is 7. The van der Waals surface area contributed by atoms with Crippen LogP contribution >= 0.6 is 23.1 Å². The molecular weight excluding hydrogens is 610 g/mol. The smallest absolute Gasteiger partial charge is 0.418 e. The van der Waals surface area contributed by atoms with E-state index in [-0.39, 0.29) is 16.3 Å². The van der Waals surface area contributed by atoms with E-state index in [0.717, 1.165) is 52.3 Å². The van der Waals surface area contributed by atoms with Gasteiger partial charge in [0.2, 0.25) is 11.8 Å². The standard InChI is InChI=1S/C29H19F4N3O5S2/c30-14-9-11-15(12-10-14)36-26(38)22-21(23-25(35-28(40)43-23)42-24(22)27(36)39)16-5-1-4-8-19(16)41-13-20(37)34-18-7-3-2-6-17(18)29(31,32)33/h1-12,21-22,24H,13H2,(H,34,37)(H,35,40)/t21-,22?,24?/m1/s1. The van der Waals surface area contributed by atoms with Gasteiger partial charge >= 0.3 is 11.0 Å². The van der Waals surface area contributed by atoms with Gasteiger partial charge in [0, 0.05) is 16.4 Å². The predicted octanol–water partition coefficient (Wildman–Crippen LogP) is 5.41. The molecule has 2 N–H and O–H groups in total. The summed E-state index contributed by atoms with van der Waals surface area (Å²) in [7, 11) is 0. The average Bonchev–Trinajstić information content (AvgIpc) is 3.46. The van der Waals surface area contributed by atoms with Crippen LogP contribution in [0.5, 0.6) is 5.75 Å². The third kappa shape index (κ3) is 5.31. The van der Waals surface area contributed by atoms with Crippen molar-refractivity contribution in [3.63, 3.8) is 0 Å². The van der Waals surface area contributed by atoms with Crippen molar-refractivity contribution in [3.8, 4) is 5.75 Å². The van der Waals surface area contributed by atoms with Gasteiger partial charge < -0.3 is 15.0 Å². The largest absolute Gasteiger partial charge is 0.483 e. The van der Waals surface area contributed by atoms with Gasteiger partial charge in [0.05, 0.1) is 27.9 Å². The Bertz CT molecular complexity index is 1800. The molecule has 8 nitrogen and oxygen atoms in total. The van der Waals surface area contributed by atoms with E-state index in [2.05, 4.69) is 10.3 Å². The van der Waals surface area contributed by atoms with Gasteiger partial charge in [-0.25, -0.2) is 9.29 Å². The van der Waals surface area contributed by atoms with E-state index in [4.69, 9.17) is 4.74 Å². The van der Waals surface area contributed by atoms with Crippen LogP contribution in [0.15, 0.2) is 82.6 Å². The Hall–Kier alpha value is -4.43. The fourth-order valence-corrected chi connectivity index (χ4v) is 7.74. The number of anilines is 2. The molecule has 0 aliphatic carbocycles. The zero-order valence-corrected chi connectivity index (χ0v) is 23.3. The predicted molar refractivity (Wildman–Crippen MR) is 151 cm³/mol. The van der Waals surface area contributed by atoms with E-state index in [0.29, 0.717) is 15.5 Å². The molecule has 2 unspecified atom stereocenters. The number of nitrogens with zero attached hydrogens (tertiary/aromatic N) is 1. The Balaban J connectivity index is 1.32. The Morgan fingerprint density at radius 2 is 1.65 bits per heavy atom. The summed E-state index contributed by atoms with van der Waals surface area (Å²) < 4.78 is 59.5. The Kier molecular flexibility index (Phi) is 7.34. The van der Waals surface area contributed by atoms with Gasteiger partial charge in [-0.05, 0) is 42.5 Å². The van der Waals surface area contributed by atoms with Crippen molar-refractivity contribution >= 4 is 52.2 Å². The maximum absolute atomic E-state index is 13.8. The second kappa shape index (κ2) is 11.0. The van der Waals surface area contributed by atoms with Gasteiger partial charge in [-0.2, -0.15) is 13.2 Å². The van der Waals surface area contributed by atoms with E-state index < -0.39 is 64.7 Å². The van der Waals surface area contributed by atoms with Crippen molar-refractivity contribution in [2.24, 2.45) is 5.92 Å². The maximum Gasteiger partial charge on any atom is 0.418 e. The number of benzene rings is 3. The van der Waals surface area contributed by atoms with Gasteiger partial charge in [-0.3, -0.25) is 19.2 Å². The molecule has 3 atom stereocenters. The first-order chi connectivity index (χ1) is 20.5. The molecule has 4 aromatic rings. The van der Waals surface area contributed by atoms with Crippen LogP contribution in [0, 0.1) is 11.7 Å². The highest BCUT2D eigenvalue weighted by atomic mass is 32.2. The summed E-state index contributed by atoms with van der Waals surface area (Å²) in [6, 6.07) is 15.9. The average molecular weight is 630 g/mol. The summed E-state index contributed by atoms with van der Waals surface area (Å²) in [6.45, 7) is -0.663. The summed E-state index contributed by atoms with van der Waals surface area (Å²) in [5.74, 6) is -4.15. The van der Waals surface area contributed by atoms with E-state index in [9.17, 15) is 36.7 Å². The van der Waals surface area contributed by atoms with Crippen LogP contribution in [-0.4, -0.2) is 34.6 Å². The maximum atomic E-state index is 13.8. The number of thioether (sulfide) groups is 1. The number of nitrogens with one attached hydrogen (secondary N) is 2. The number of H-pyrrole nitrogens is 1. The Morgan fingerprint density at radius 1 is 0.953 bits per heavy atom. The third-order valence-corrected chi connectivity index (χ3v) is 9.43. The number of ether oxygens (including phenoxy) is 1. The number of alkyl halides is 3. The molecule has 2 aliphatic rings. The van der Waals surface area contributed by atoms with Crippen LogP contribution in [0.4, 0.5) is 28.9 Å². The summed E-state index contributed by atoms with van der Waals surface area (Å²) in [6.07, 6.45) is -4.68. The molecule has 3 aromatic carbocycles. The van der Waals surface area contributed by atoms with Gasteiger partial charge in [0.1, 0.15) is 16.8 Å². The van der Waals surface area contributed by atoms with Crippen molar-refractivity contribution in [2.75, 3.05) is 16.8 Å². The van der Waals surface area contributed by atoms with Crippen molar-refractivity contribution in [1.82, 2.24) is 4.98 Å². The van der Waals surface area contributed by atoms with Crippen molar-refractivity contribution < 1.29 is 36.7 Å². The number of hydrogen-bond donors (Lipinski definition) is 2. The van der Waals surface area contributed by atoms with Gasteiger partial charge in [-0.1, -0.05) is 53.4 Å². The normalized spacial score (nSPS) is 19.6. The van der Waals surface area contributed by atoms with Crippen molar-refractivity contribution in [3.05, 3.63) is 104 Å². The quantitative estimate of drug-likeness (QED) is 0.218.